The van der Waals surface area contributed by atoms with E-state index in [0.29, 0.717) is 5.92 Å². The molecule has 0 spiro atoms. The van der Waals surface area contributed by atoms with Crippen molar-refractivity contribution >= 4 is 17.4 Å². The third-order valence-electron chi connectivity index (χ3n) is 3.47. The van der Waals surface area contributed by atoms with Gasteiger partial charge in [0.05, 0.1) is 0 Å². The van der Waals surface area contributed by atoms with E-state index in [1.807, 2.05) is 11.3 Å². The van der Waals surface area contributed by atoms with Gasteiger partial charge in [0.25, 0.3) is 0 Å². The molecule has 0 radical (unpaired) electrons. The SMILES string of the molecule is CCC1=Cc2ccccc2C1c1ccc(C)s1. The van der Waals surface area contributed by atoms with E-state index in [4.69, 9.17) is 0 Å². The second kappa shape index (κ2) is 4.15. The topological polar surface area (TPSA) is 0 Å². The van der Waals surface area contributed by atoms with E-state index in [1.165, 1.54) is 20.9 Å². The molecule has 1 unspecified atom stereocenters. The third-order valence-corrected chi connectivity index (χ3v) is 4.54. The maximum atomic E-state index is 2.37. The molecule has 0 bridgehead atoms. The summed E-state index contributed by atoms with van der Waals surface area (Å²) in [6, 6.07) is 13.3. The Balaban J connectivity index is 2.12. The van der Waals surface area contributed by atoms with E-state index < -0.39 is 0 Å². The lowest BCUT2D eigenvalue weighted by atomic mass is 9.93. The van der Waals surface area contributed by atoms with Crippen LogP contribution < -0.4 is 0 Å². The van der Waals surface area contributed by atoms with Crippen molar-refractivity contribution in [2.75, 3.05) is 0 Å². The number of thiophene rings is 1. The molecule has 1 aromatic heterocycles. The van der Waals surface area contributed by atoms with Gasteiger partial charge in [-0.15, -0.1) is 11.3 Å². The highest BCUT2D eigenvalue weighted by atomic mass is 32.1. The van der Waals surface area contributed by atoms with Gasteiger partial charge in [-0.1, -0.05) is 42.8 Å². The fourth-order valence-corrected chi connectivity index (χ4v) is 3.68. The molecule has 0 aliphatic heterocycles. The predicted octanol–water partition coefficient (Wildman–Crippen LogP) is 5.00. The zero-order valence-electron chi connectivity index (χ0n) is 10.2. The molecule has 0 amide bonds. The molecule has 1 heteroatoms. The Morgan fingerprint density at radius 2 is 1.94 bits per heavy atom. The van der Waals surface area contributed by atoms with E-state index >= 15 is 0 Å². The quantitative estimate of drug-likeness (QED) is 0.693. The van der Waals surface area contributed by atoms with Crippen LogP contribution in [0.2, 0.25) is 0 Å². The lowest BCUT2D eigenvalue weighted by Crippen LogP contribution is -1.98. The summed E-state index contributed by atoms with van der Waals surface area (Å²) < 4.78 is 0. The van der Waals surface area contributed by atoms with Crippen LogP contribution >= 0.6 is 11.3 Å². The van der Waals surface area contributed by atoms with Gasteiger partial charge in [-0.25, -0.2) is 0 Å². The molecule has 1 heterocycles. The second-order valence-corrected chi connectivity index (χ2v) is 5.90. The van der Waals surface area contributed by atoms with Crippen molar-refractivity contribution in [3.63, 3.8) is 0 Å². The van der Waals surface area contributed by atoms with Gasteiger partial charge >= 0.3 is 0 Å². The summed E-state index contributed by atoms with van der Waals surface area (Å²) in [5, 5.41) is 0. The first-order chi connectivity index (χ1) is 8.29. The van der Waals surface area contributed by atoms with E-state index in [0.717, 1.165) is 6.42 Å². The molecule has 0 nitrogen and oxygen atoms in total. The Morgan fingerprint density at radius 3 is 2.65 bits per heavy atom. The van der Waals surface area contributed by atoms with Crippen molar-refractivity contribution in [1.82, 2.24) is 0 Å². The van der Waals surface area contributed by atoms with Gasteiger partial charge in [0.1, 0.15) is 0 Å². The lowest BCUT2D eigenvalue weighted by molar-refractivity contribution is 0.926. The maximum Gasteiger partial charge on any atom is 0.0402 e. The van der Waals surface area contributed by atoms with Crippen molar-refractivity contribution < 1.29 is 0 Å². The van der Waals surface area contributed by atoms with E-state index in [-0.39, 0.29) is 0 Å². The minimum Gasteiger partial charge on any atom is -0.145 e. The number of hydrogen-bond donors (Lipinski definition) is 0. The van der Waals surface area contributed by atoms with Gasteiger partial charge in [-0.05, 0) is 36.6 Å². The first-order valence-corrected chi connectivity index (χ1v) is 6.97. The molecule has 0 fully saturated rings. The predicted molar refractivity (Wildman–Crippen MR) is 75.6 cm³/mol. The van der Waals surface area contributed by atoms with Crippen molar-refractivity contribution in [3.8, 4) is 0 Å². The molecule has 2 aromatic rings. The van der Waals surface area contributed by atoms with Gasteiger partial charge in [-0.2, -0.15) is 0 Å². The molecule has 17 heavy (non-hydrogen) atoms. The Labute approximate surface area is 107 Å². The van der Waals surface area contributed by atoms with Crippen LogP contribution in [0.25, 0.3) is 6.08 Å². The van der Waals surface area contributed by atoms with Gasteiger partial charge in [0.2, 0.25) is 0 Å². The highest BCUT2D eigenvalue weighted by molar-refractivity contribution is 7.12. The van der Waals surface area contributed by atoms with E-state index in [1.54, 1.807) is 5.57 Å². The average molecular weight is 240 g/mol. The third kappa shape index (κ3) is 1.75. The van der Waals surface area contributed by atoms with Crippen molar-refractivity contribution in [2.24, 2.45) is 0 Å². The minimum absolute atomic E-state index is 0.509. The number of hydrogen-bond acceptors (Lipinski definition) is 1. The van der Waals surface area contributed by atoms with E-state index in [9.17, 15) is 0 Å². The normalized spacial score (nSPS) is 18.0. The summed E-state index contributed by atoms with van der Waals surface area (Å²) in [5.41, 5.74) is 4.43. The molecule has 0 N–H and O–H groups in total. The van der Waals surface area contributed by atoms with Gasteiger partial charge < -0.3 is 0 Å². The largest absolute Gasteiger partial charge is 0.145 e. The van der Waals surface area contributed by atoms with Gasteiger partial charge in [0, 0.05) is 15.7 Å². The molecule has 86 valence electrons. The Hall–Kier alpha value is -1.34. The molecule has 1 aliphatic rings. The minimum atomic E-state index is 0.509. The zero-order chi connectivity index (χ0) is 11.8. The summed E-state index contributed by atoms with van der Waals surface area (Å²) in [7, 11) is 0. The molecule has 0 saturated carbocycles. The maximum absolute atomic E-state index is 2.37. The molecule has 3 rings (SSSR count). The van der Waals surface area contributed by atoms with Crippen LogP contribution in [0.15, 0.2) is 42.0 Å². The number of aryl methyl sites for hydroxylation is 1. The molecule has 1 atom stereocenters. The summed E-state index contributed by atoms with van der Waals surface area (Å²) in [4.78, 5) is 2.89. The Bertz CT molecular complexity index is 575. The molecule has 0 saturated heterocycles. The summed E-state index contributed by atoms with van der Waals surface area (Å²) >= 11 is 1.93. The smallest absolute Gasteiger partial charge is 0.0402 e. The van der Waals surface area contributed by atoms with Crippen LogP contribution in [-0.4, -0.2) is 0 Å². The number of benzene rings is 1. The van der Waals surface area contributed by atoms with Crippen molar-refractivity contribution in [3.05, 3.63) is 62.9 Å². The van der Waals surface area contributed by atoms with Crippen molar-refractivity contribution in [2.45, 2.75) is 26.2 Å². The van der Waals surface area contributed by atoms with Crippen LogP contribution in [0.5, 0.6) is 0 Å². The summed E-state index contributed by atoms with van der Waals surface area (Å²) in [6.45, 7) is 4.44. The standard InChI is InChI=1S/C16H16S/c1-3-12-10-13-6-4-5-7-14(13)16(12)15-9-8-11(2)17-15/h4-10,16H,3H2,1-2H3. The fourth-order valence-electron chi connectivity index (χ4n) is 2.64. The van der Waals surface area contributed by atoms with Gasteiger partial charge in [0.15, 0.2) is 0 Å². The van der Waals surface area contributed by atoms with Crippen LogP contribution in [0, 0.1) is 6.92 Å². The monoisotopic (exact) mass is 240 g/mol. The van der Waals surface area contributed by atoms with Crippen LogP contribution in [0.3, 0.4) is 0 Å². The van der Waals surface area contributed by atoms with E-state index in [2.05, 4.69) is 56.3 Å². The molecular weight excluding hydrogens is 224 g/mol. The number of allylic oxidation sites excluding steroid dienone is 1. The van der Waals surface area contributed by atoms with Crippen LogP contribution in [-0.2, 0) is 0 Å². The Kier molecular flexibility index (Phi) is 2.64. The highest BCUT2D eigenvalue weighted by Gasteiger charge is 2.26. The Morgan fingerprint density at radius 1 is 1.12 bits per heavy atom. The van der Waals surface area contributed by atoms with Crippen molar-refractivity contribution in [1.29, 1.82) is 0 Å². The zero-order valence-corrected chi connectivity index (χ0v) is 11.1. The average Bonchev–Trinajstić information content (AvgIpc) is 2.91. The number of rotatable bonds is 2. The summed E-state index contributed by atoms with van der Waals surface area (Å²) in [6.07, 6.45) is 3.51. The van der Waals surface area contributed by atoms with Crippen LogP contribution in [0.1, 0.15) is 40.1 Å². The lowest BCUT2D eigenvalue weighted by Gasteiger charge is -2.14. The van der Waals surface area contributed by atoms with Gasteiger partial charge in [-0.3, -0.25) is 0 Å². The first-order valence-electron chi connectivity index (χ1n) is 6.15. The fraction of sp³-hybridized carbons (Fsp3) is 0.250. The second-order valence-electron chi connectivity index (χ2n) is 4.58. The van der Waals surface area contributed by atoms with Crippen LogP contribution in [0.4, 0.5) is 0 Å². The molecular formula is C16H16S. The summed E-state index contributed by atoms with van der Waals surface area (Å²) in [5.74, 6) is 0.509. The highest BCUT2D eigenvalue weighted by Crippen LogP contribution is 2.44. The first kappa shape index (κ1) is 10.8. The number of fused-ring (bicyclic) bond motifs is 1. The molecule has 1 aromatic carbocycles. The molecule has 1 aliphatic carbocycles.